The van der Waals surface area contributed by atoms with Gasteiger partial charge in [0.05, 0.1) is 43.0 Å². The van der Waals surface area contributed by atoms with Crippen LogP contribution >= 0.6 is 22.6 Å². The molecule has 0 saturated carbocycles. The van der Waals surface area contributed by atoms with Crippen LogP contribution in [-0.4, -0.2) is 95.8 Å². The van der Waals surface area contributed by atoms with Gasteiger partial charge in [-0.25, -0.2) is 0 Å². The van der Waals surface area contributed by atoms with Crippen molar-refractivity contribution >= 4 is 45.3 Å². The van der Waals surface area contributed by atoms with E-state index in [1.807, 2.05) is 30.3 Å². The van der Waals surface area contributed by atoms with Gasteiger partial charge in [-0.2, -0.15) is 0 Å². The van der Waals surface area contributed by atoms with E-state index in [4.69, 9.17) is 14.2 Å². The molecule has 4 rings (SSSR count). The van der Waals surface area contributed by atoms with Gasteiger partial charge in [0, 0.05) is 49.8 Å². The van der Waals surface area contributed by atoms with Crippen LogP contribution in [0.2, 0.25) is 0 Å². The largest absolute Gasteiger partial charge is 0.493 e. The van der Waals surface area contributed by atoms with Crippen LogP contribution in [0, 0.1) is 3.57 Å². The number of H-pyrrole nitrogens is 1. The Balaban J connectivity index is 1.67. The lowest BCUT2D eigenvalue weighted by Gasteiger charge is -2.40. The molecular formula is C31H38IN3O8. The van der Waals surface area contributed by atoms with Crippen LogP contribution in [0.25, 0.3) is 10.9 Å². The number of para-hydroxylation sites is 1. The molecule has 0 saturated heterocycles. The fourth-order valence-corrected chi connectivity index (χ4v) is 6.00. The first-order chi connectivity index (χ1) is 20.8. The van der Waals surface area contributed by atoms with Gasteiger partial charge in [0.2, 0.25) is 11.8 Å². The van der Waals surface area contributed by atoms with Crippen LogP contribution in [0.15, 0.2) is 54.1 Å². The van der Waals surface area contributed by atoms with Crippen LogP contribution in [0.3, 0.4) is 0 Å². The number of carbonyl (C=O) groups excluding carboxylic acids is 2. The van der Waals surface area contributed by atoms with Gasteiger partial charge in [0.15, 0.2) is 11.5 Å². The molecule has 11 nitrogen and oxygen atoms in total. The van der Waals surface area contributed by atoms with Crippen LogP contribution < -0.4 is 14.8 Å². The van der Waals surface area contributed by atoms with Gasteiger partial charge in [-0.05, 0) is 63.9 Å². The van der Waals surface area contributed by atoms with Crippen molar-refractivity contribution in [2.75, 3.05) is 40.5 Å². The molecule has 3 aromatic rings. The average Bonchev–Trinajstić information content (AvgIpc) is 3.44. The second kappa shape index (κ2) is 15.5. The van der Waals surface area contributed by atoms with Crippen molar-refractivity contribution in [3.63, 3.8) is 0 Å². The number of amides is 2. The quantitative estimate of drug-likeness (QED) is 0.160. The fourth-order valence-electron chi connectivity index (χ4n) is 5.21. The van der Waals surface area contributed by atoms with E-state index in [0.717, 1.165) is 16.6 Å². The third kappa shape index (κ3) is 8.06. The summed E-state index contributed by atoms with van der Waals surface area (Å²) in [5, 5.41) is 34.3. The van der Waals surface area contributed by atoms with E-state index in [1.165, 1.54) is 14.2 Å². The standard InChI is InChI=1S/C31H38IN3O8/c1-41-12-8-28(38)35(10-7-22-15-20-5-3-4-6-24(20)34-22)25-16-21(31(40)33-9-11-36)17-26(29(25)39)43-30-23(32)13-19(18-37)14-27(30)42-2/h3-6,13-15,17,25-26,29,34,36-37,39H,7-12,16,18H2,1-2H3,(H,33,40). The number of nitrogens with one attached hydrogen (secondary N) is 2. The van der Waals surface area contributed by atoms with Crippen molar-refractivity contribution in [1.29, 1.82) is 0 Å². The van der Waals surface area contributed by atoms with Crippen molar-refractivity contribution in [2.45, 2.75) is 44.1 Å². The van der Waals surface area contributed by atoms with Gasteiger partial charge in [-0.15, -0.1) is 0 Å². The minimum atomic E-state index is -1.19. The molecule has 1 aliphatic rings. The van der Waals surface area contributed by atoms with Gasteiger partial charge < -0.3 is 44.7 Å². The number of carbonyl (C=O) groups is 2. The highest BCUT2D eigenvalue weighted by atomic mass is 127. The van der Waals surface area contributed by atoms with E-state index in [-0.39, 0.29) is 51.7 Å². The number of aromatic amines is 1. The Bertz CT molecular complexity index is 1410. The summed E-state index contributed by atoms with van der Waals surface area (Å²) in [6.45, 7) is 0.118. The Morgan fingerprint density at radius 3 is 2.65 bits per heavy atom. The van der Waals surface area contributed by atoms with Crippen molar-refractivity contribution in [2.24, 2.45) is 0 Å². The summed E-state index contributed by atoms with van der Waals surface area (Å²) in [7, 11) is 2.99. The molecule has 3 atom stereocenters. The molecule has 43 heavy (non-hydrogen) atoms. The number of aromatic nitrogens is 1. The van der Waals surface area contributed by atoms with E-state index in [0.29, 0.717) is 32.6 Å². The summed E-state index contributed by atoms with van der Waals surface area (Å²) in [5.74, 6) is 0.0532. The maximum atomic E-state index is 13.6. The molecule has 5 N–H and O–H groups in total. The molecule has 1 aromatic heterocycles. The van der Waals surface area contributed by atoms with Crippen molar-refractivity contribution < 1.29 is 39.1 Å². The summed E-state index contributed by atoms with van der Waals surface area (Å²) in [4.78, 5) is 31.7. The van der Waals surface area contributed by atoms with Crippen molar-refractivity contribution in [1.82, 2.24) is 15.2 Å². The topological polar surface area (TPSA) is 154 Å². The highest BCUT2D eigenvalue weighted by Gasteiger charge is 2.40. The molecular weight excluding hydrogens is 669 g/mol. The van der Waals surface area contributed by atoms with E-state index in [9.17, 15) is 24.9 Å². The molecule has 0 fully saturated rings. The Morgan fingerprint density at radius 1 is 1.16 bits per heavy atom. The molecule has 0 bridgehead atoms. The number of ether oxygens (including phenoxy) is 3. The minimum Gasteiger partial charge on any atom is -0.493 e. The van der Waals surface area contributed by atoms with E-state index < -0.39 is 24.2 Å². The number of aliphatic hydroxyl groups is 3. The first-order valence-corrected chi connectivity index (χ1v) is 15.1. The number of hydrogen-bond donors (Lipinski definition) is 5. The lowest BCUT2D eigenvalue weighted by molar-refractivity contribution is -0.139. The van der Waals surface area contributed by atoms with Gasteiger partial charge in [0.25, 0.3) is 0 Å². The first kappa shape index (κ1) is 32.7. The zero-order valence-electron chi connectivity index (χ0n) is 24.2. The average molecular weight is 708 g/mol. The smallest absolute Gasteiger partial charge is 0.247 e. The highest BCUT2D eigenvalue weighted by Crippen LogP contribution is 2.37. The maximum Gasteiger partial charge on any atom is 0.247 e. The third-order valence-corrected chi connectivity index (χ3v) is 8.19. The maximum absolute atomic E-state index is 13.6. The number of fused-ring (bicyclic) bond motifs is 1. The predicted molar refractivity (Wildman–Crippen MR) is 169 cm³/mol. The summed E-state index contributed by atoms with van der Waals surface area (Å²) >= 11 is 2.06. The number of benzene rings is 2. The lowest BCUT2D eigenvalue weighted by atomic mass is 9.87. The Morgan fingerprint density at radius 2 is 1.95 bits per heavy atom. The van der Waals surface area contributed by atoms with Crippen LogP contribution in [-0.2, 0) is 27.4 Å². The Hall–Kier alpha value is -3.17. The molecule has 3 unspecified atom stereocenters. The SMILES string of the molecule is COCCC(=O)N(CCc1cc2ccccc2[nH]1)C1CC(C(=O)NCCO)=CC(Oc2c(I)cc(CO)cc2OC)C1O. The van der Waals surface area contributed by atoms with Crippen molar-refractivity contribution in [3.8, 4) is 11.5 Å². The Kier molecular flexibility index (Phi) is 11.8. The van der Waals surface area contributed by atoms with E-state index >= 15 is 0 Å². The van der Waals surface area contributed by atoms with Crippen LogP contribution in [0.4, 0.5) is 0 Å². The third-order valence-electron chi connectivity index (χ3n) is 7.39. The summed E-state index contributed by atoms with van der Waals surface area (Å²) in [6, 6.07) is 12.5. The molecule has 2 aromatic carbocycles. The van der Waals surface area contributed by atoms with Gasteiger partial charge in [0.1, 0.15) is 12.2 Å². The predicted octanol–water partition coefficient (Wildman–Crippen LogP) is 2.30. The number of methoxy groups -OCH3 is 2. The van der Waals surface area contributed by atoms with Gasteiger partial charge in [-0.3, -0.25) is 9.59 Å². The molecule has 0 spiro atoms. The Labute approximate surface area is 264 Å². The van der Waals surface area contributed by atoms with Gasteiger partial charge in [-0.1, -0.05) is 18.2 Å². The van der Waals surface area contributed by atoms with Crippen molar-refractivity contribution in [3.05, 3.63) is 68.9 Å². The highest BCUT2D eigenvalue weighted by molar-refractivity contribution is 14.1. The second-order valence-electron chi connectivity index (χ2n) is 10.2. The number of hydrogen-bond acceptors (Lipinski definition) is 8. The number of rotatable bonds is 14. The molecule has 1 aliphatic carbocycles. The zero-order valence-corrected chi connectivity index (χ0v) is 26.4. The number of aliphatic hydroxyl groups excluding tert-OH is 3. The number of halogens is 1. The number of nitrogens with zero attached hydrogens (tertiary/aromatic N) is 1. The molecule has 2 amide bonds. The van der Waals surface area contributed by atoms with Gasteiger partial charge >= 0.3 is 0 Å². The monoisotopic (exact) mass is 707 g/mol. The lowest BCUT2D eigenvalue weighted by Crippen LogP contribution is -2.55. The summed E-state index contributed by atoms with van der Waals surface area (Å²) < 4.78 is 17.6. The second-order valence-corrected chi connectivity index (χ2v) is 11.4. The summed E-state index contributed by atoms with van der Waals surface area (Å²) in [5.41, 5.74) is 2.87. The van der Waals surface area contributed by atoms with E-state index in [1.54, 1.807) is 23.1 Å². The zero-order chi connectivity index (χ0) is 30.9. The molecule has 232 valence electrons. The van der Waals surface area contributed by atoms with Crippen LogP contribution in [0.1, 0.15) is 24.1 Å². The molecule has 1 heterocycles. The normalized spacial score (nSPS) is 18.3. The first-order valence-electron chi connectivity index (χ1n) is 14.1. The molecule has 12 heteroatoms. The molecule has 0 radical (unpaired) electrons. The molecule has 0 aliphatic heterocycles. The summed E-state index contributed by atoms with van der Waals surface area (Å²) in [6.07, 6.45) is 0.0255. The van der Waals surface area contributed by atoms with Crippen LogP contribution in [0.5, 0.6) is 11.5 Å². The fraction of sp³-hybridized carbons (Fsp3) is 0.419. The minimum absolute atomic E-state index is 0.0557. The van der Waals surface area contributed by atoms with E-state index in [2.05, 4.69) is 32.9 Å².